The third-order valence-corrected chi connectivity index (χ3v) is 18.4. The van der Waals surface area contributed by atoms with Crippen LogP contribution in [0.4, 0.5) is 0 Å². The highest BCUT2D eigenvalue weighted by Crippen LogP contribution is 2.66. The molecule has 13 rings (SSSR count). The molecule has 0 spiro atoms. The van der Waals surface area contributed by atoms with Gasteiger partial charge in [-0.3, -0.25) is 0 Å². The highest BCUT2D eigenvalue weighted by molar-refractivity contribution is 6.99. The van der Waals surface area contributed by atoms with Crippen molar-refractivity contribution in [1.29, 1.82) is 0 Å². The lowest BCUT2D eigenvalue weighted by atomic mass is 9.34. The van der Waals surface area contributed by atoms with E-state index in [1.165, 1.54) is 116 Å². The molecule has 4 fully saturated rings. The first-order valence-corrected chi connectivity index (χ1v) is 27.4. The van der Waals surface area contributed by atoms with Gasteiger partial charge in [0.2, 0.25) is 13.4 Å². The maximum atomic E-state index is 5.43. The number of aromatic nitrogens is 1. The first-order chi connectivity index (χ1) is 34.7. The Balaban J connectivity index is 0.876. The van der Waals surface area contributed by atoms with E-state index in [9.17, 15) is 0 Å². The average Bonchev–Trinajstić information content (AvgIpc) is 3.68. The smallest absolute Gasteiger partial charge is 0.243 e. The molecule has 0 saturated heterocycles. The Bertz CT molecular complexity index is 3240. The first-order valence-electron chi connectivity index (χ1n) is 27.4. The number of fused-ring (bicyclic) bond motifs is 3. The Kier molecular flexibility index (Phi) is 11.6. The van der Waals surface area contributed by atoms with E-state index in [1.54, 1.807) is 27.7 Å². The number of aryl methyl sites for hydroxylation is 6. The Morgan fingerprint density at radius 2 is 0.958 bits per heavy atom. The average molecular weight is 936 g/mol. The highest BCUT2D eigenvalue weighted by atomic mass is 14.7. The van der Waals surface area contributed by atoms with Gasteiger partial charge in [0.1, 0.15) is 0 Å². The molecule has 0 radical (unpaired) electrons. The molecule has 4 saturated carbocycles. The molecular formula is C69H71B2N. The first kappa shape index (κ1) is 46.9. The van der Waals surface area contributed by atoms with Gasteiger partial charge >= 0.3 is 0 Å². The number of benzene rings is 7. The van der Waals surface area contributed by atoms with Crippen molar-refractivity contribution in [3.8, 4) is 33.6 Å². The van der Waals surface area contributed by atoms with E-state index >= 15 is 0 Å². The number of hydrogen-bond acceptors (Lipinski definition) is 1. The van der Waals surface area contributed by atoms with Gasteiger partial charge in [-0.05, 0) is 166 Å². The number of rotatable bonds is 10. The number of nitrogens with zero attached hydrogens (tertiary/aromatic N) is 1. The molecule has 7 aromatic carbocycles. The van der Waals surface area contributed by atoms with Crippen LogP contribution in [0.2, 0.25) is 0 Å². The molecule has 0 amide bonds. The molecule has 1 aliphatic heterocycles. The summed E-state index contributed by atoms with van der Waals surface area (Å²) < 4.78 is 0. The predicted molar refractivity (Wildman–Crippen MR) is 310 cm³/mol. The maximum absolute atomic E-state index is 5.43. The van der Waals surface area contributed by atoms with Crippen LogP contribution in [0.15, 0.2) is 152 Å². The topological polar surface area (TPSA) is 12.9 Å². The normalized spacial score (nSPS) is 20.6. The van der Waals surface area contributed by atoms with Gasteiger partial charge in [-0.1, -0.05) is 233 Å². The van der Waals surface area contributed by atoms with Crippen LogP contribution in [0.1, 0.15) is 134 Å². The monoisotopic (exact) mass is 936 g/mol. The molecule has 2 atom stereocenters. The molecular weight excluding hydrogens is 864 g/mol. The molecule has 5 aliphatic rings. The SMILES string of the molecule is Cc1cc(C)c(B(c2cccc(-c3cccc(-c4ccc(C56CC7CC(C5)CC(c5cc(C(C)C)c(B8c9ccccc9-c9ccccc98)c(C(C)C)c5)(C7)C6)cc4)n3)c2)c2c(C)cc(C)cc2C)c(C)c1. The zero-order valence-electron chi connectivity index (χ0n) is 44.6. The zero-order valence-corrected chi connectivity index (χ0v) is 44.6. The molecule has 3 heteroatoms. The summed E-state index contributed by atoms with van der Waals surface area (Å²) in [5.41, 5.74) is 30.6. The third-order valence-electron chi connectivity index (χ3n) is 18.4. The summed E-state index contributed by atoms with van der Waals surface area (Å²) >= 11 is 0. The van der Waals surface area contributed by atoms with Crippen LogP contribution in [0.25, 0.3) is 33.6 Å². The van der Waals surface area contributed by atoms with Crippen molar-refractivity contribution in [1.82, 2.24) is 4.98 Å². The van der Waals surface area contributed by atoms with E-state index in [2.05, 4.69) is 221 Å². The summed E-state index contributed by atoms with van der Waals surface area (Å²) in [6.45, 7) is 23.8. The summed E-state index contributed by atoms with van der Waals surface area (Å²) in [4.78, 5) is 5.43. The third kappa shape index (κ3) is 7.79. The fourth-order valence-corrected chi connectivity index (χ4v) is 16.1. The summed E-state index contributed by atoms with van der Waals surface area (Å²) in [6, 6.07) is 59.0. The van der Waals surface area contributed by atoms with Gasteiger partial charge in [0, 0.05) is 5.56 Å². The van der Waals surface area contributed by atoms with Gasteiger partial charge in [-0.25, -0.2) is 4.98 Å². The predicted octanol–water partition coefficient (Wildman–Crippen LogP) is 13.3. The van der Waals surface area contributed by atoms with Crippen LogP contribution >= 0.6 is 0 Å². The second-order valence-corrected chi connectivity index (χ2v) is 24.2. The Labute approximate surface area is 432 Å². The summed E-state index contributed by atoms with van der Waals surface area (Å²) in [5.74, 6) is 2.41. The second-order valence-electron chi connectivity index (χ2n) is 24.2. The minimum Gasteiger partial charge on any atom is -0.248 e. The Morgan fingerprint density at radius 3 is 1.47 bits per heavy atom. The molecule has 4 aliphatic carbocycles. The molecule has 0 N–H and O–H groups in total. The van der Waals surface area contributed by atoms with Crippen LogP contribution in [0.3, 0.4) is 0 Å². The molecule has 2 unspecified atom stereocenters. The van der Waals surface area contributed by atoms with Crippen LogP contribution in [-0.2, 0) is 10.8 Å². The minimum atomic E-state index is 0.118. The molecule has 8 aromatic rings. The lowest BCUT2D eigenvalue weighted by Crippen LogP contribution is -2.56. The molecule has 1 nitrogen and oxygen atoms in total. The summed E-state index contributed by atoms with van der Waals surface area (Å²) in [5, 5.41) is 0. The lowest BCUT2D eigenvalue weighted by molar-refractivity contribution is -0.0281. The largest absolute Gasteiger partial charge is 0.248 e. The van der Waals surface area contributed by atoms with Crippen LogP contribution in [0.5, 0.6) is 0 Å². The fourth-order valence-electron chi connectivity index (χ4n) is 16.1. The Morgan fingerprint density at radius 1 is 0.486 bits per heavy atom. The second kappa shape index (κ2) is 17.8. The van der Waals surface area contributed by atoms with Crippen LogP contribution in [-0.4, -0.2) is 18.4 Å². The van der Waals surface area contributed by atoms with Crippen molar-refractivity contribution >= 4 is 46.2 Å². The fraction of sp³-hybridized carbons (Fsp3) is 0.319. The highest BCUT2D eigenvalue weighted by Gasteiger charge is 2.59. The van der Waals surface area contributed by atoms with Crippen molar-refractivity contribution in [2.24, 2.45) is 11.8 Å². The van der Waals surface area contributed by atoms with Crippen molar-refractivity contribution in [2.75, 3.05) is 0 Å². The minimum absolute atomic E-state index is 0.118. The quantitative estimate of drug-likeness (QED) is 0.125. The summed E-state index contributed by atoms with van der Waals surface area (Å²) in [6.07, 6.45) is 7.96. The van der Waals surface area contributed by atoms with Gasteiger partial charge in [0.15, 0.2) is 0 Å². The molecule has 72 heavy (non-hydrogen) atoms. The van der Waals surface area contributed by atoms with Gasteiger partial charge in [0.25, 0.3) is 0 Å². The summed E-state index contributed by atoms with van der Waals surface area (Å²) in [7, 11) is 0. The van der Waals surface area contributed by atoms with Gasteiger partial charge in [0.05, 0.1) is 11.4 Å². The van der Waals surface area contributed by atoms with Crippen molar-refractivity contribution in [3.05, 3.63) is 207 Å². The molecule has 4 bridgehead atoms. The van der Waals surface area contributed by atoms with Gasteiger partial charge < -0.3 is 0 Å². The van der Waals surface area contributed by atoms with E-state index in [0.717, 1.165) is 28.8 Å². The van der Waals surface area contributed by atoms with Crippen molar-refractivity contribution in [3.63, 3.8) is 0 Å². The van der Waals surface area contributed by atoms with E-state index in [4.69, 9.17) is 4.98 Å². The van der Waals surface area contributed by atoms with E-state index < -0.39 is 0 Å². The van der Waals surface area contributed by atoms with Gasteiger partial charge in [-0.2, -0.15) is 0 Å². The standard InChI is InChI=1S/C69H71B2N/c1-42(2)59-35-55(36-60(43(3)4)67(59)71-61-21-13-11-19-57(61)58-20-12-14-22-62(58)71)69-39-50-33-51(40-69)38-68(37-50,41-69)54-27-25-52(26-28-54)63-23-16-24-64(72-63)53-17-15-18-56(34-53)70(65-46(7)29-44(5)30-47(65)8)66-48(9)31-45(6)32-49(66)10/h11-32,34-36,42-43,50-51H,33,37-41H2,1-10H3. The number of hydrogen-bond donors (Lipinski definition) is 0. The van der Waals surface area contributed by atoms with Gasteiger partial charge in [-0.15, -0.1) is 0 Å². The Hall–Kier alpha value is -6.18. The lowest BCUT2D eigenvalue weighted by Gasteiger charge is -2.63. The van der Waals surface area contributed by atoms with E-state index in [1.807, 2.05) is 0 Å². The van der Waals surface area contributed by atoms with Crippen molar-refractivity contribution in [2.45, 2.75) is 130 Å². The van der Waals surface area contributed by atoms with E-state index in [0.29, 0.717) is 11.8 Å². The number of pyridine rings is 1. The molecule has 358 valence electrons. The van der Waals surface area contributed by atoms with Crippen LogP contribution < -0.4 is 32.8 Å². The maximum Gasteiger partial charge on any atom is 0.243 e. The van der Waals surface area contributed by atoms with E-state index in [-0.39, 0.29) is 24.3 Å². The molecule has 2 heterocycles. The van der Waals surface area contributed by atoms with Crippen LogP contribution in [0, 0.1) is 53.4 Å². The van der Waals surface area contributed by atoms with Crippen molar-refractivity contribution < 1.29 is 0 Å². The molecule has 1 aromatic heterocycles. The zero-order chi connectivity index (χ0) is 49.8.